The monoisotopic (exact) mass is 497 g/mol. The zero-order chi connectivity index (χ0) is 26.5. The minimum atomic E-state index is -0.398. The van der Waals surface area contributed by atoms with Gasteiger partial charge in [-0.05, 0) is 64.4 Å². The second-order valence-electron chi connectivity index (χ2n) is 9.68. The summed E-state index contributed by atoms with van der Waals surface area (Å²) in [4.78, 5) is 22.7. The first-order valence-electron chi connectivity index (χ1n) is 12.8. The Hall–Kier alpha value is -3.90. The number of aliphatic imine (C=N–C) groups is 1. The highest BCUT2D eigenvalue weighted by atomic mass is 16.5. The molecule has 0 aliphatic carbocycles. The zero-order valence-corrected chi connectivity index (χ0v) is 22.2. The fourth-order valence-corrected chi connectivity index (χ4v) is 4.60. The molecule has 4 aromatic rings. The van der Waals surface area contributed by atoms with Gasteiger partial charge in [0.05, 0.1) is 29.1 Å². The van der Waals surface area contributed by atoms with Crippen LogP contribution in [-0.4, -0.2) is 45.4 Å². The molecular formula is C31H35N3O3. The van der Waals surface area contributed by atoms with Crippen LogP contribution < -0.4 is 0 Å². The first kappa shape index (κ1) is 26.2. The molecule has 0 atom stereocenters. The molecule has 0 saturated heterocycles. The number of hydrogen-bond acceptors (Lipinski definition) is 5. The first-order chi connectivity index (χ1) is 17.8. The van der Waals surface area contributed by atoms with Gasteiger partial charge in [0.15, 0.2) is 5.88 Å². The highest BCUT2D eigenvalue weighted by molar-refractivity contribution is 6.22. The SMILES string of the molecule is CCOC(=O)c1ccc2c(C(=Nc3ccc(CN(C(C)C)C(C)C)cc3)c3ccccc3)c(O)[nH]c2c1. The minimum absolute atomic E-state index is 0.000240. The minimum Gasteiger partial charge on any atom is -0.494 e. The van der Waals surface area contributed by atoms with Crippen LogP contribution in [0.15, 0.2) is 77.8 Å². The van der Waals surface area contributed by atoms with Gasteiger partial charge < -0.3 is 14.8 Å². The van der Waals surface area contributed by atoms with Crippen LogP contribution in [0.5, 0.6) is 5.88 Å². The van der Waals surface area contributed by atoms with E-state index in [9.17, 15) is 9.90 Å². The number of esters is 1. The van der Waals surface area contributed by atoms with Gasteiger partial charge in [-0.15, -0.1) is 0 Å². The Labute approximate surface area is 218 Å². The van der Waals surface area contributed by atoms with Crippen molar-refractivity contribution in [3.63, 3.8) is 0 Å². The summed E-state index contributed by atoms with van der Waals surface area (Å²) in [5, 5.41) is 11.7. The van der Waals surface area contributed by atoms with Gasteiger partial charge in [-0.2, -0.15) is 0 Å². The Bertz CT molecular complexity index is 1380. The van der Waals surface area contributed by atoms with Crippen molar-refractivity contribution in [2.45, 2.75) is 53.2 Å². The lowest BCUT2D eigenvalue weighted by Crippen LogP contribution is -2.36. The Balaban J connectivity index is 1.75. The summed E-state index contributed by atoms with van der Waals surface area (Å²) < 4.78 is 5.13. The standard InChI is InChI=1S/C31H35N3O3/c1-6-37-31(36)24-14-17-26-27(18-24)33-30(35)28(26)29(23-10-8-7-9-11-23)32-25-15-12-22(13-16-25)19-34(20(2)3)21(4)5/h7-18,20-21,33,35H,6,19H2,1-5H3. The van der Waals surface area contributed by atoms with Gasteiger partial charge in [-0.25, -0.2) is 9.79 Å². The number of fused-ring (bicyclic) bond motifs is 1. The lowest BCUT2D eigenvalue weighted by atomic mass is 10.00. The van der Waals surface area contributed by atoms with Gasteiger partial charge in [-0.3, -0.25) is 4.90 Å². The van der Waals surface area contributed by atoms with E-state index < -0.39 is 5.97 Å². The van der Waals surface area contributed by atoms with Crippen molar-refractivity contribution in [1.82, 2.24) is 9.88 Å². The predicted octanol–water partition coefficient (Wildman–Crippen LogP) is 6.84. The average Bonchev–Trinajstić information content (AvgIpc) is 3.21. The molecule has 6 heteroatoms. The number of benzene rings is 3. The van der Waals surface area contributed by atoms with Gasteiger partial charge in [0, 0.05) is 35.1 Å². The highest BCUT2D eigenvalue weighted by Crippen LogP contribution is 2.32. The molecule has 192 valence electrons. The Morgan fingerprint density at radius 1 is 0.946 bits per heavy atom. The molecule has 0 saturated carbocycles. The summed E-state index contributed by atoms with van der Waals surface area (Å²) in [6, 6.07) is 24.2. The van der Waals surface area contributed by atoms with E-state index in [0.29, 0.717) is 41.0 Å². The smallest absolute Gasteiger partial charge is 0.338 e. The molecule has 0 fully saturated rings. The van der Waals surface area contributed by atoms with Crippen molar-refractivity contribution >= 4 is 28.3 Å². The van der Waals surface area contributed by atoms with E-state index in [4.69, 9.17) is 9.73 Å². The van der Waals surface area contributed by atoms with E-state index in [2.05, 4.69) is 49.7 Å². The molecule has 0 aliphatic rings. The maximum Gasteiger partial charge on any atom is 0.338 e. The van der Waals surface area contributed by atoms with E-state index in [1.165, 1.54) is 5.56 Å². The van der Waals surface area contributed by atoms with E-state index in [1.807, 2.05) is 48.5 Å². The van der Waals surface area contributed by atoms with Crippen molar-refractivity contribution in [1.29, 1.82) is 0 Å². The van der Waals surface area contributed by atoms with Crippen LogP contribution in [0, 0.1) is 0 Å². The van der Waals surface area contributed by atoms with Gasteiger partial charge in [-0.1, -0.05) is 48.5 Å². The molecule has 0 aliphatic heterocycles. The molecule has 0 spiro atoms. The topological polar surface area (TPSA) is 77.9 Å². The number of carbonyl (C=O) groups excluding carboxylic acids is 1. The largest absolute Gasteiger partial charge is 0.494 e. The molecule has 6 nitrogen and oxygen atoms in total. The first-order valence-corrected chi connectivity index (χ1v) is 12.8. The molecule has 0 amide bonds. The van der Waals surface area contributed by atoms with Crippen molar-refractivity contribution in [3.05, 3.63) is 95.1 Å². The maximum absolute atomic E-state index is 12.2. The Morgan fingerprint density at radius 2 is 1.62 bits per heavy atom. The third-order valence-electron chi connectivity index (χ3n) is 6.44. The third kappa shape index (κ3) is 5.92. The van der Waals surface area contributed by atoms with Crippen LogP contribution in [-0.2, 0) is 11.3 Å². The number of nitrogens with one attached hydrogen (secondary N) is 1. The zero-order valence-electron chi connectivity index (χ0n) is 22.2. The van der Waals surface area contributed by atoms with Crippen LogP contribution in [0.3, 0.4) is 0 Å². The van der Waals surface area contributed by atoms with Gasteiger partial charge in [0.1, 0.15) is 0 Å². The third-order valence-corrected chi connectivity index (χ3v) is 6.44. The molecule has 3 aromatic carbocycles. The molecule has 37 heavy (non-hydrogen) atoms. The maximum atomic E-state index is 12.2. The predicted molar refractivity (Wildman–Crippen MR) is 150 cm³/mol. The number of H-pyrrole nitrogens is 1. The van der Waals surface area contributed by atoms with Crippen LogP contribution in [0.1, 0.15) is 61.7 Å². The number of aromatic amines is 1. The number of hydrogen-bond donors (Lipinski definition) is 2. The summed E-state index contributed by atoms with van der Waals surface area (Å²) >= 11 is 0. The van der Waals surface area contributed by atoms with Crippen LogP contribution >= 0.6 is 0 Å². The molecule has 0 unspecified atom stereocenters. The Morgan fingerprint density at radius 3 is 2.24 bits per heavy atom. The van der Waals surface area contributed by atoms with Crippen molar-refractivity contribution < 1.29 is 14.6 Å². The number of rotatable bonds is 9. The van der Waals surface area contributed by atoms with Gasteiger partial charge in [0.2, 0.25) is 0 Å². The molecule has 0 radical (unpaired) electrons. The van der Waals surface area contributed by atoms with E-state index >= 15 is 0 Å². The second kappa shape index (κ2) is 11.4. The second-order valence-corrected chi connectivity index (χ2v) is 9.68. The molecule has 1 heterocycles. The Kier molecular flexibility index (Phi) is 8.09. The molecule has 1 aromatic heterocycles. The van der Waals surface area contributed by atoms with Gasteiger partial charge >= 0.3 is 5.97 Å². The summed E-state index contributed by atoms with van der Waals surface area (Å²) in [6.45, 7) is 11.8. The number of nitrogens with zero attached hydrogens (tertiary/aromatic N) is 2. The average molecular weight is 498 g/mol. The fraction of sp³-hybridized carbons (Fsp3) is 0.290. The number of aromatic nitrogens is 1. The summed E-state index contributed by atoms with van der Waals surface area (Å²) in [7, 11) is 0. The fourth-order valence-electron chi connectivity index (χ4n) is 4.60. The quantitative estimate of drug-likeness (QED) is 0.196. The van der Waals surface area contributed by atoms with E-state index in [0.717, 1.165) is 23.2 Å². The normalized spacial score (nSPS) is 12.2. The van der Waals surface area contributed by atoms with E-state index in [-0.39, 0.29) is 5.88 Å². The number of carbonyl (C=O) groups is 1. The number of ether oxygens (including phenoxy) is 1. The summed E-state index contributed by atoms with van der Waals surface area (Å²) in [5.74, 6) is -0.398. The van der Waals surface area contributed by atoms with E-state index in [1.54, 1.807) is 19.1 Å². The molecular weight excluding hydrogens is 462 g/mol. The number of aromatic hydroxyl groups is 1. The summed E-state index contributed by atoms with van der Waals surface area (Å²) in [6.07, 6.45) is 0. The molecule has 0 bridgehead atoms. The van der Waals surface area contributed by atoms with Crippen molar-refractivity contribution in [3.8, 4) is 5.88 Å². The van der Waals surface area contributed by atoms with Crippen LogP contribution in [0.2, 0.25) is 0 Å². The lowest BCUT2D eigenvalue weighted by Gasteiger charge is -2.30. The molecule has 4 rings (SSSR count). The lowest BCUT2D eigenvalue weighted by molar-refractivity contribution is 0.0526. The highest BCUT2D eigenvalue weighted by Gasteiger charge is 2.20. The summed E-state index contributed by atoms with van der Waals surface area (Å²) in [5.41, 5.74) is 5.19. The van der Waals surface area contributed by atoms with Crippen molar-refractivity contribution in [2.24, 2.45) is 4.99 Å². The molecule has 2 N–H and O–H groups in total. The van der Waals surface area contributed by atoms with Crippen molar-refractivity contribution in [2.75, 3.05) is 6.61 Å². The van der Waals surface area contributed by atoms with Crippen LogP contribution in [0.25, 0.3) is 10.9 Å². The van der Waals surface area contributed by atoms with Crippen LogP contribution in [0.4, 0.5) is 5.69 Å². The van der Waals surface area contributed by atoms with Gasteiger partial charge in [0.25, 0.3) is 0 Å².